The molecule has 0 radical (unpaired) electrons. The molecule has 254 valence electrons. The number of furan rings is 2. The Morgan fingerprint density at radius 2 is 1.09 bits per heavy atom. The Labute approximate surface area is 310 Å². The molecule has 0 saturated carbocycles. The maximum atomic E-state index is 6.73. The van der Waals surface area contributed by atoms with Crippen LogP contribution in [0, 0.1) is 0 Å². The molecule has 10 aromatic rings. The van der Waals surface area contributed by atoms with E-state index >= 15 is 0 Å². The fourth-order valence-electron chi connectivity index (χ4n) is 8.02. The third-order valence-electron chi connectivity index (χ3n) is 10.6. The van der Waals surface area contributed by atoms with Gasteiger partial charge in [-0.15, -0.1) is 0 Å². The number of allylic oxidation sites excluding steroid dienone is 4. The van der Waals surface area contributed by atoms with Crippen molar-refractivity contribution in [2.75, 3.05) is 0 Å². The van der Waals surface area contributed by atoms with E-state index < -0.39 is 0 Å². The lowest BCUT2D eigenvalue weighted by Crippen LogP contribution is -2.04. The Kier molecular flexibility index (Phi) is 6.92. The van der Waals surface area contributed by atoms with Crippen LogP contribution in [0.25, 0.3) is 105 Å². The van der Waals surface area contributed by atoms with E-state index in [2.05, 4.69) is 127 Å². The maximum absolute atomic E-state index is 6.73. The molecule has 1 aliphatic rings. The van der Waals surface area contributed by atoms with E-state index in [1.54, 1.807) is 0 Å². The Morgan fingerprint density at radius 1 is 0.444 bits per heavy atom. The van der Waals surface area contributed by atoms with E-state index in [0.717, 1.165) is 95.7 Å². The van der Waals surface area contributed by atoms with Crippen LogP contribution in [0.4, 0.5) is 0 Å². The fourth-order valence-corrected chi connectivity index (χ4v) is 8.02. The lowest BCUT2D eigenvalue weighted by Gasteiger charge is -2.15. The molecule has 54 heavy (non-hydrogen) atoms. The molecule has 0 N–H and O–H groups in total. The molecule has 0 bridgehead atoms. The van der Waals surface area contributed by atoms with Crippen molar-refractivity contribution in [3.05, 3.63) is 170 Å². The van der Waals surface area contributed by atoms with E-state index in [9.17, 15) is 0 Å². The van der Waals surface area contributed by atoms with Gasteiger partial charge < -0.3 is 8.83 Å². The summed E-state index contributed by atoms with van der Waals surface area (Å²) in [6.07, 6.45) is 8.18. The maximum Gasteiger partial charge on any atom is 0.167 e. The zero-order valence-corrected chi connectivity index (χ0v) is 29.2. The average molecular weight is 694 g/mol. The second-order valence-electron chi connectivity index (χ2n) is 13.8. The summed E-state index contributed by atoms with van der Waals surface area (Å²) in [6, 6.07) is 50.5. The summed E-state index contributed by atoms with van der Waals surface area (Å²) in [4.78, 5) is 15.6. The van der Waals surface area contributed by atoms with Crippen molar-refractivity contribution in [3.63, 3.8) is 0 Å². The molecule has 0 saturated heterocycles. The van der Waals surface area contributed by atoms with Crippen LogP contribution in [0.15, 0.2) is 173 Å². The third kappa shape index (κ3) is 4.90. The number of benzene rings is 7. The quantitative estimate of drug-likeness (QED) is 0.179. The molecule has 0 unspecified atom stereocenters. The molecule has 0 spiro atoms. The van der Waals surface area contributed by atoms with Crippen LogP contribution in [0.1, 0.15) is 18.7 Å². The van der Waals surface area contributed by atoms with Gasteiger partial charge >= 0.3 is 0 Å². The van der Waals surface area contributed by atoms with Crippen LogP contribution in [-0.4, -0.2) is 15.0 Å². The number of hydrogen-bond acceptors (Lipinski definition) is 5. The molecule has 5 nitrogen and oxygen atoms in total. The first-order valence-corrected chi connectivity index (χ1v) is 18.3. The Morgan fingerprint density at radius 3 is 1.94 bits per heavy atom. The molecule has 7 aromatic carbocycles. The van der Waals surface area contributed by atoms with Gasteiger partial charge in [0.25, 0.3) is 0 Å². The average Bonchev–Trinajstić information content (AvgIpc) is 3.83. The summed E-state index contributed by atoms with van der Waals surface area (Å²) in [6.45, 7) is 0. The van der Waals surface area contributed by atoms with Gasteiger partial charge in [-0.3, -0.25) is 0 Å². The molecule has 1 aliphatic carbocycles. The summed E-state index contributed by atoms with van der Waals surface area (Å²) in [5, 5.41) is 6.63. The van der Waals surface area contributed by atoms with Crippen LogP contribution in [0.2, 0.25) is 0 Å². The SMILES string of the molecule is C1=CCCC(c2nc(-c3ccccc3-c3ccc(-c4ccc5ccccc5c4)c4oc5ccccc5c34)nc(-c3cccc4c3oc3ccccc34)n2)=C1. The van der Waals surface area contributed by atoms with Gasteiger partial charge in [-0.25, -0.2) is 15.0 Å². The van der Waals surface area contributed by atoms with E-state index in [4.69, 9.17) is 23.8 Å². The summed E-state index contributed by atoms with van der Waals surface area (Å²) in [5.41, 5.74) is 10.4. The van der Waals surface area contributed by atoms with Gasteiger partial charge in [0, 0.05) is 32.7 Å². The fraction of sp³-hybridized carbons (Fsp3) is 0.0408. The van der Waals surface area contributed by atoms with Gasteiger partial charge in [0.1, 0.15) is 22.3 Å². The van der Waals surface area contributed by atoms with E-state index in [1.807, 2.05) is 36.4 Å². The Balaban J connectivity index is 1.15. The molecule has 0 fully saturated rings. The van der Waals surface area contributed by atoms with Gasteiger partial charge in [-0.1, -0.05) is 133 Å². The minimum Gasteiger partial charge on any atom is -0.455 e. The standard InChI is InChI=1S/C49H31N3O2/c1-2-14-31(15-3-1)47-50-48(52-49(51-47)41-22-12-21-38-36-18-8-10-23-42(36)53-45(38)41)39-19-7-6-17-35(39)37-28-27-34(33-26-25-30-13-4-5-16-32(30)29-33)46-44(37)40-20-9-11-24-43(40)54-46/h1-2,4-14,16-29H,3,15H2. The molecule has 0 aliphatic heterocycles. The molecule has 11 rings (SSSR count). The molecule has 5 heteroatoms. The van der Waals surface area contributed by atoms with Crippen LogP contribution in [-0.2, 0) is 0 Å². The lowest BCUT2D eigenvalue weighted by molar-refractivity contribution is 0.669. The summed E-state index contributed by atoms with van der Waals surface area (Å²) in [7, 11) is 0. The Hall–Kier alpha value is -7.11. The highest BCUT2D eigenvalue weighted by molar-refractivity contribution is 6.17. The summed E-state index contributed by atoms with van der Waals surface area (Å²) in [5.74, 6) is 1.86. The zero-order valence-electron chi connectivity index (χ0n) is 29.2. The van der Waals surface area contributed by atoms with Crippen LogP contribution < -0.4 is 0 Å². The van der Waals surface area contributed by atoms with Gasteiger partial charge in [-0.2, -0.15) is 0 Å². The monoisotopic (exact) mass is 693 g/mol. The van der Waals surface area contributed by atoms with Gasteiger partial charge in [0.05, 0.1) is 5.56 Å². The predicted molar refractivity (Wildman–Crippen MR) is 220 cm³/mol. The predicted octanol–water partition coefficient (Wildman–Crippen LogP) is 13.2. The molecular formula is C49H31N3O2. The van der Waals surface area contributed by atoms with E-state index in [1.165, 1.54) is 10.8 Å². The van der Waals surface area contributed by atoms with Crippen molar-refractivity contribution >= 4 is 60.2 Å². The highest BCUT2D eigenvalue weighted by atomic mass is 16.3. The minimum atomic E-state index is 0.579. The van der Waals surface area contributed by atoms with Gasteiger partial charge in [0.15, 0.2) is 17.5 Å². The van der Waals surface area contributed by atoms with Crippen molar-refractivity contribution in [2.24, 2.45) is 0 Å². The molecular weight excluding hydrogens is 663 g/mol. The summed E-state index contributed by atoms with van der Waals surface area (Å²) >= 11 is 0. The first-order valence-electron chi connectivity index (χ1n) is 18.3. The smallest absolute Gasteiger partial charge is 0.167 e. The molecule has 3 aromatic heterocycles. The first kappa shape index (κ1) is 30.5. The Bertz CT molecular complexity index is 3180. The normalized spacial score (nSPS) is 13.1. The largest absolute Gasteiger partial charge is 0.455 e. The zero-order chi connectivity index (χ0) is 35.6. The van der Waals surface area contributed by atoms with Gasteiger partial charge in [0.2, 0.25) is 0 Å². The molecule has 3 heterocycles. The first-order chi connectivity index (χ1) is 26.8. The number of nitrogens with zero attached hydrogens (tertiary/aromatic N) is 3. The van der Waals surface area contributed by atoms with Crippen LogP contribution in [0.5, 0.6) is 0 Å². The lowest BCUT2D eigenvalue weighted by atomic mass is 9.91. The highest BCUT2D eigenvalue weighted by Gasteiger charge is 2.23. The second kappa shape index (κ2) is 12.2. The number of aromatic nitrogens is 3. The van der Waals surface area contributed by atoms with Crippen molar-refractivity contribution in [1.82, 2.24) is 15.0 Å². The number of para-hydroxylation sites is 3. The molecule has 0 atom stereocenters. The number of rotatable bonds is 5. The van der Waals surface area contributed by atoms with Crippen molar-refractivity contribution in [3.8, 4) is 45.0 Å². The van der Waals surface area contributed by atoms with E-state index in [0.29, 0.717) is 17.5 Å². The number of hydrogen-bond donors (Lipinski definition) is 0. The number of fused-ring (bicyclic) bond motifs is 7. The van der Waals surface area contributed by atoms with Crippen molar-refractivity contribution < 1.29 is 8.83 Å². The van der Waals surface area contributed by atoms with Crippen LogP contribution in [0.3, 0.4) is 0 Å². The third-order valence-corrected chi connectivity index (χ3v) is 10.6. The minimum absolute atomic E-state index is 0.579. The van der Waals surface area contributed by atoms with Crippen molar-refractivity contribution in [1.29, 1.82) is 0 Å². The van der Waals surface area contributed by atoms with Crippen LogP contribution >= 0.6 is 0 Å². The van der Waals surface area contributed by atoms with Gasteiger partial charge in [-0.05, 0) is 76.2 Å². The second-order valence-corrected chi connectivity index (χ2v) is 13.8. The summed E-state index contributed by atoms with van der Waals surface area (Å²) < 4.78 is 13.2. The van der Waals surface area contributed by atoms with E-state index in [-0.39, 0.29) is 0 Å². The van der Waals surface area contributed by atoms with Crippen molar-refractivity contribution in [2.45, 2.75) is 12.8 Å². The highest BCUT2D eigenvalue weighted by Crippen LogP contribution is 2.45. The topological polar surface area (TPSA) is 65.0 Å². The molecule has 0 amide bonds.